The number of hydrogen-bond donors (Lipinski definition) is 2. The molecule has 0 aliphatic rings. The van der Waals surface area contributed by atoms with Crippen LogP contribution in [-0.2, 0) is 4.74 Å². The van der Waals surface area contributed by atoms with Gasteiger partial charge in [0.05, 0.1) is 13.2 Å². The number of rotatable bonds is 8. The lowest BCUT2D eigenvalue weighted by atomic mass is 10.0. The molecule has 0 aliphatic carbocycles. The minimum Gasteiger partial charge on any atom is -0.383 e. The van der Waals surface area contributed by atoms with Crippen LogP contribution in [0, 0.1) is 5.92 Å². The third-order valence-electron chi connectivity index (χ3n) is 2.47. The van der Waals surface area contributed by atoms with E-state index in [1.54, 1.807) is 7.11 Å². The first-order valence-corrected chi connectivity index (χ1v) is 6.63. The van der Waals surface area contributed by atoms with Gasteiger partial charge in [0.15, 0.2) is 5.96 Å². The maximum absolute atomic E-state index is 4.99. The second-order valence-electron chi connectivity index (χ2n) is 4.77. The maximum atomic E-state index is 4.99. The Bertz CT molecular complexity index is 210. The third-order valence-corrected chi connectivity index (χ3v) is 2.47. The van der Waals surface area contributed by atoms with Crippen molar-refractivity contribution in [3.05, 3.63) is 0 Å². The molecule has 0 saturated heterocycles. The number of guanidine groups is 1. The van der Waals surface area contributed by atoms with Crippen molar-refractivity contribution in [1.29, 1.82) is 0 Å². The Kier molecular flexibility index (Phi) is 15.1. The number of halogens is 1. The molecular formula is C13H30IN3O. The van der Waals surface area contributed by atoms with Crippen LogP contribution in [0.25, 0.3) is 0 Å². The van der Waals surface area contributed by atoms with Crippen LogP contribution >= 0.6 is 24.0 Å². The van der Waals surface area contributed by atoms with E-state index in [0.717, 1.165) is 18.4 Å². The quantitative estimate of drug-likeness (QED) is 0.298. The van der Waals surface area contributed by atoms with Gasteiger partial charge in [0.25, 0.3) is 0 Å². The monoisotopic (exact) mass is 371 g/mol. The van der Waals surface area contributed by atoms with Gasteiger partial charge in [0.1, 0.15) is 0 Å². The average molecular weight is 371 g/mol. The topological polar surface area (TPSA) is 45.7 Å². The molecule has 0 fully saturated rings. The Hall–Kier alpha value is -0.0400. The summed E-state index contributed by atoms with van der Waals surface area (Å²) in [4.78, 5) is 4.44. The molecule has 0 spiro atoms. The highest BCUT2D eigenvalue weighted by Crippen LogP contribution is 2.06. The smallest absolute Gasteiger partial charge is 0.191 e. The van der Waals surface area contributed by atoms with E-state index >= 15 is 0 Å². The van der Waals surface area contributed by atoms with E-state index in [4.69, 9.17) is 4.74 Å². The van der Waals surface area contributed by atoms with Crippen molar-refractivity contribution in [1.82, 2.24) is 10.6 Å². The normalized spacial score (nSPS) is 13.1. The lowest BCUT2D eigenvalue weighted by Gasteiger charge is -2.18. The van der Waals surface area contributed by atoms with Gasteiger partial charge >= 0.3 is 0 Å². The van der Waals surface area contributed by atoms with Crippen LogP contribution in [0.5, 0.6) is 0 Å². The first-order valence-electron chi connectivity index (χ1n) is 6.63. The Morgan fingerprint density at radius 2 is 1.89 bits per heavy atom. The van der Waals surface area contributed by atoms with E-state index in [0.29, 0.717) is 19.2 Å². The van der Waals surface area contributed by atoms with Crippen LogP contribution < -0.4 is 10.6 Å². The Morgan fingerprint density at radius 3 is 2.39 bits per heavy atom. The number of ether oxygens (including phenoxy) is 1. The minimum absolute atomic E-state index is 0. The zero-order chi connectivity index (χ0) is 13.1. The lowest BCUT2D eigenvalue weighted by molar-refractivity contribution is 0.208. The summed E-state index contributed by atoms with van der Waals surface area (Å²) >= 11 is 0. The molecule has 0 aromatic heterocycles. The van der Waals surface area contributed by atoms with Crippen molar-refractivity contribution in [3.8, 4) is 0 Å². The molecule has 4 nitrogen and oxygen atoms in total. The Balaban J connectivity index is 0. The van der Waals surface area contributed by atoms with Crippen LogP contribution in [0.15, 0.2) is 4.99 Å². The van der Waals surface area contributed by atoms with E-state index in [2.05, 4.69) is 43.3 Å². The second-order valence-corrected chi connectivity index (χ2v) is 4.77. The maximum Gasteiger partial charge on any atom is 0.191 e. The van der Waals surface area contributed by atoms with E-state index < -0.39 is 0 Å². The van der Waals surface area contributed by atoms with Crippen LogP contribution in [0.3, 0.4) is 0 Å². The summed E-state index contributed by atoms with van der Waals surface area (Å²) in [6.07, 6.45) is 2.41. The zero-order valence-corrected chi connectivity index (χ0v) is 14.8. The molecule has 2 N–H and O–H groups in total. The fraction of sp³-hybridized carbons (Fsp3) is 0.923. The molecule has 0 bridgehead atoms. The predicted octanol–water partition coefficient (Wildman–Crippen LogP) is 2.63. The summed E-state index contributed by atoms with van der Waals surface area (Å²) in [6.45, 7) is 11.0. The first-order chi connectivity index (χ1) is 8.10. The van der Waals surface area contributed by atoms with E-state index in [1.807, 2.05) is 0 Å². The van der Waals surface area contributed by atoms with Gasteiger partial charge in [0.2, 0.25) is 0 Å². The van der Waals surface area contributed by atoms with Gasteiger partial charge in [-0.15, -0.1) is 24.0 Å². The van der Waals surface area contributed by atoms with Crippen molar-refractivity contribution in [2.24, 2.45) is 10.9 Å². The molecule has 1 unspecified atom stereocenters. The number of aliphatic imine (C=N–C) groups is 1. The molecule has 5 heteroatoms. The number of nitrogens with one attached hydrogen (secondary N) is 2. The highest BCUT2D eigenvalue weighted by atomic mass is 127. The minimum atomic E-state index is 0. The molecule has 1 atom stereocenters. The number of hydrogen-bond acceptors (Lipinski definition) is 2. The van der Waals surface area contributed by atoms with E-state index in [1.165, 1.54) is 12.8 Å². The predicted molar refractivity (Wildman–Crippen MR) is 89.9 cm³/mol. The van der Waals surface area contributed by atoms with E-state index in [-0.39, 0.29) is 24.0 Å². The summed E-state index contributed by atoms with van der Waals surface area (Å²) in [5, 5.41) is 6.66. The number of nitrogens with zero attached hydrogens (tertiary/aromatic N) is 1. The second kappa shape index (κ2) is 13.4. The standard InChI is InChI=1S/C13H29N3O.HI/c1-6-14-13(15-9-10-17-5)16-12(4)8-7-11(2)3;/h11-12H,6-10H2,1-5H3,(H2,14,15,16);1H. The van der Waals surface area contributed by atoms with Gasteiger partial charge in [-0.3, -0.25) is 4.99 Å². The Morgan fingerprint density at radius 1 is 1.22 bits per heavy atom. The summed E-state index contributed by atoms with van der Waals surface area (Å²) in [5.41, 5.74) is 0. The SMILES string of the molecule is CCNC(=NCCOC)NC(C)CCC(C)C.I. The molecule has 18 heavy (non-hydrogen) atoms. The molecule has 0 saturated carbocycles. The van der Waals surface area contributed by atoms with Crippen molar-refractivity contribution in [2.75, 3.05) is 26.8 Å². The summed E-state index contributed by atoms with van der Waals surface area (Å²) in [7, 11) is 1.70. The average Bonchev–Trinajstić information content (AvgIpc) is 2.27. The van der Waals surface area contributed by atoms with Crippen molar-refractivity contribution < 1.29 is 4.74 Å². The van der Waals surface area contributed by atoms with Gasteiger partial charge in [-0.05, 0) is 32.6 Å². The molecule has 0 aliphatic heterocycles. The number of methoxy groups -OCH3 is 1. The first kappa shape index (κ1) is 20.3. The summed E-state index contributed by atoms with van der Waals surface area (Å²) in [6, 6.07) is 0.456. The van der Waals surface area contributed by atoms with Crippen molar-refractivity contribution in [2.45, 2.75) is 46.6 Å². The highest BCUT2D eigenvalue weighted by molar-refractivity contribution is 14.0. The van der Waals surface area contributed by atoms with Gasteiger partial charge in [-0.25, -0.2) is 0 Å². The van der Waals surface area contributed by atoms with Gasteiger partial charge in [-0.2, -0.15) is 0 Å². The fourth-order valence-electron chi connectivity index (χ4n) is 1.46. The van der Waals surface area contributed by atoms with Gasteiger partial charge in [-0.1, -0.05) is 13.8 Å². The highest BCUT2D eigenvalue weighted by Gasteiger charge is 2.05. The molecule has 0 rings (SSSR count). The van der Waals surface area contributed by atoms with Crippen LogP contribution in [0.2, 0.25) is 0 Å². The molecule has 0 amide bonds. The van der Waals surface area contributed by atoms with Gasteiger partial charge < -0.3 is 15.4 Å². The van der Waals surface area contributed by atoms with Crippen molar-refractivity contribution in [3.63, 3.8) is 0 Å². The third kappa shape index (κ3) is 12.4. The Labute approximate surface area is 129 Å². The summed E-state index contributed by atoms with van der Waals surface area (Å²) in [5.74, 6) is 1.65. The van der Waals surface area contributed by atoms with Crippen LogP contribution in [0.1, 0.15) is 40.5 Å². The molecule has 0 aromatic carbocycles. The van der Waals surface area contributed by atoms with Gasteiger partial charge in [0, 0.05) is 19.7 Å². The lowest BCUT2D eigenvalue weighted by Crippen LogP contribution is -2.42. The molecule has 110 valence electrons. The largest absolute Gasteiger partial charge is 0.383 e. The van der Waals surface area contributed by atoms with Crippen molar-refractivity contribution >= 4 is 29.9 Å². The molecular weight excluding hydrogens is 341 g/mol. The molecule has 0 heterocycles. The zero-order valence-electron chi connectivity index (χ0n) is 12.5. The molecule has 0 aromatic rings. The molecule has 0 radical (unpaired) electrons. The fourth-order valence-corrected chi connectivity index (χ4v) is 1.46. The van der Waals surface area contributed by atoms with E-state index in [9.17, 15) is 0 Å². The van der Waals surface area contributed by atoms with Crippen LogP contribution in [0.4, 0.5) is 0 Å². The summed E-state index contributed by atoms with van der Waals surface area (Å²) < 4.78 is 4.99. The van der Waals surface area contributed by atoms with Crippen LogP contribution in [-0.4, -0.2) is 38.8 Å².